The van der Waals surface area contributed by atoms with Gasteiger partial charge >= 0.3 is 110 Å². The van der Waals surface area contributed by atoms with Crippen LogP contribution in [0.4, 0.5) is 4.70 Å². The van der Waals surface area contributed by atoms with E-state index in [0.717, 1.165) is 0 Å². The predicted octanol–water partition coefficient (Wildman–Crippen LogP) is -3.04. The zero-order valence-electron chi connectivity index (χ0n) is 7.82. The summed E-state index contributed by atoms with van der Waals surface area (Å²) in [6, 6.07) is 0. The smallest absolute Gasteiger partial charge is 1.00 e. The van der Waals surface area contributed by atoms with E-state index in [1.807, 2.05) is 0 Å². The van der Waals surface area contributed by atoms with Gasteiger partial charge in [-0.2, -0.15) is 0 Å². The summed E-state index contributed by atoms with van der Waals surface area (Å²) in [5.41, 5.74) is 0. The van der Waals surface area contributed by atoms with Crippen LogP contribution in [0.1, 0.15) is 7.13 Å². The van der Waals surface area contributed by atoms with Crippen LogP contribution in [-0.4, -0.2) is 59.0 Å². The maximum atomic E-state index is 0. The summed E-state index contributed by atoms with van der Waals surface area (Å²) < 4.78 is 0. The molecule has 18 valence electrons. The molecule has 0 radical (unpaired) electrons. The Kier molecular flexibility index (Phi) is 108. The van der Waals surface area contributed by atoms with Gasteiger partial charge in [0.25, 0.3) is 0 Å². The first-order chi connectivity index (χ1) is 0. The molecule has 0 aromatic carbocycles. The monoisotopic (exact) mass is 211 g/mol. The molecule has 0 aliphatic heterocycles. The molecule has 0 heterocycles. The minimum atomic E-state index is 0. The average molecular weight is 210 g/mol. The first-order valence-electron chi connectivity index (χ1n) is 0. The normalized spacial score (nSPS) is 0. The molecule has 0 aliphatic rings. The number of halogens is 1. The minimum Gasteiger partial charge on any atom is -1.00 e. The minimum absolute atomic E-state index is 0. The Bertz CT molecular complexity index is 16.9. The van der Waals surface area contributed by atoms with E-state index in [4.69, 9.17) is 0 Å². The molecule has 0 unspecified atom stereocenters. The summed E-state index contributed by atoms with van der Waals surface area (Å²) in [4.78, 5) is 0. The predicted molar refractivity (Wildman–Crippen MR) is 19.6 cm³/mol. The van der Waals surface area contributed by atoms with Crippen molar-refractivity contribution in [1.82, 2.24) is 0 Å². The van der Waals surface area contributed by atoms with Gasteiger partial charge in [0.1, 0.15) is 0 Å². The van der Waals surface area contributed by atoms with Crippen molar-refractivity contribution in [2.75, 3.05) is 0 Å². The fourth-order valence-electron chi connectivity index (χ4n) is 0. The number of hydrogen-bond acceptors (Lipinski definition) is 0. The molecule has 4 heteroatoms. The Balaban J connectivity index is 0. The van der Waals surface area contributed by atoms with Crippen molar-refractivity contribution in [1.29, 1.82) is 0 Å². The van der Waals surface area contributed by atoms with Crippen LogP contribution >= 0.6 is 0 Å². The zero-order chi connectivity index (χ0) is 0. The Morgan fingerprint density at radius 1 is 1.25 bits per heavy atom. The molecule has 0 amide bonds. The molecule has 0 spiro atoms. The Labute approximate surface area is 119 Å². The second-order valence-electron chi connectivity index (χ2n) is 0. The first-order valence-corrected chi connectivity index (χ1v) is 0. The van der Waals surface area contributed by atoms with Gasteiger partial charge in [0.15, 0.2) is 0 Å². The van der Waals surface area contributed by atoms with Gasteiger partial charge in [-0.05, 0) is 0 Å². The van der Waals surface area contributed by atoms with Gasteiger partial charge in [0, 0.05) is 0 Å². The van der Waals surface area contributed by atoms with E-state index in [1.54, 1.807) is 0 Å². The molecule has 0 bridgehead atoms. The summed E-state index contributed by atoms with van der Waals surface area (Å²) >= 11 is 0. The van der Waals surface area contributed by atoms with Crippen LogP contribution in [0.25, 0.3) is 0 Å². The summed E-state index contributed by atoms with van der Waals surface area (Å²) in [6.07, 6.45) is 0. The van der Waals surface area contributed by atoms with Crippen LogP contribution in [0.15, 0.2) is 0 Å². The number of hydrogen-bond donors (Lipinski definition) is 0. The molecule has 0 aliphatic carbocycles. The molecule has 0 nitrogen and oxygen atoms in total. The Hall–Kier alpha value is 3.31. The van der Waals surface area contributed by atoms with E-state index >= 15 is 0 Å². The maximum Gasteiger partial charge on any atom is 2.00 e. The molecule has 0 saturated heterocycles. The molecule has 0 aromatic heterocycles. The summed E-state index contributed by atoms with van der Waals surface area (Å²) in [5.74, 6) is 0. The van der Waals surface area contributed by atoms with Gasteiger partial charge in [-0.3, -0.25) is 4.70 Å². The standard InChI is InChI=1S/Ba.Be.FH.K.5H/h;;1H;;;;;;/q2*+2;;+1;5*-1. The van der Waals surface area contributed by atoms with Crippen molar-refractivity contribution < 1.29 is 63.2 Å². The van der Waals surface area contributed by atoms with Gasteiger partial charge < -0.3 is 7.13 Å². The molecule has 0 fully saturated rings. The molecular formula is H6BaBeFK. The average Bonchev–Trinajstić information content (AvgIpc) is 0. The topological polar surface area (TPSA) is 0 Å². The van der Waals surface area contributed by atoms with Gasteiger partial charge in [0.2, 0.25) is 0 Å². The molecule has 4 heavy (non-hydrogen) atoms. The fraction of sp³-hybridized carbons (Fsp3) is 0. The van der Waals surface area contributed by atoms with Gasteiger partial charge in [-0.15, -0.1) is 0 Å². The van der Waals surface area contributed by atoms with E-state index in [1.165, 1.54) is 0 Å². The molecule has 0 rings (SSSR count). The third kappa shape index (κ3) is 9.00. The Morgan fingerprint density at radius 2 is 1.25 bits per heavy atom. The Morgan fingerprint density at radius 3 is 1.25 bits per heavy atom. The third-order valence-corrected chi connectivity index (χ3v) is 0. The van der Waals surface area contributed by atoms with Crippen molar-refractivity contribution in [3.8, 4) is 0 Å². The van der Waals surface area contributed by atoms with E-state index < -0.39 is 0 Å². The number of rotatable bonds is 0. The maximum absolute atomic E-state index is 0. The second kappa shape index (κ2) is 16.2. The quantitative estimate of drug-likeness (QED) is 0.373. The molecular weight excluding hydrogens is 204 g/mol. The third-order valence-electron chi connectivity index (χ3n) is 0. The van der Waals surface area contributed by atoms with Gasteiger partial charge in [0.05, 0.1) is 0 Å². The first kappa shape index (κ1) is 26.6. The zero-order valence-corrected chi connectivity index (χ0v) is 10.4. The van der Waals surface area contributed by atoms with E-state index in [9.17, 15) is 0 Å². The van der Waals surface area contributed by atoms with E-state index in [2.05, 4.69) is 0 Å². The summed E-state index contributed by atoms with van der Waals surface area (Å²) in [7, 11) is 0. The van der Waals surface area contributed by atoms with Crippen molar-refractivity contribution in [3.05, 3.63) is 0 Å². The fourth-order valence-corrected chi connectivity index (χ4v) is 0. The van der Waals surface area contributed by atoms with Crippen LogP contribution < -0.4 is 51.4 Å². The van der Waals surface area contributed by atoms with E-state index in [0.29, 0.717) is 0 Å². The molecule has 0 atom stereocenters. The SMILES string of the molecule is F.[Ba+2].[Be+2].[H-].[H-].[H-].[H-].[H-].[K+]. The summed E-state index contributed by atoms with van der Waals surface area (Å²) in [6.45, 7) is 0. The van der Waals surface area contributed by atoms with Crippen LogP contribution in [0.3, 0.4) is 0 Å². The van der Waals surface area contributed by atoms with Crippen molar-refractivity contribution >= 4 is 59.0 Å². The largest absolute Gasteiger partial charge is 2.00 e. The van der Waals surface area contributed by atoms with Crippen LogP contribution in [-0.2, 0) is 0 Å². The summed E-state index contributed by atoms with van der Waals surface area (Å²) in [5, 5.41) is 0. The van der Waals surface area contributed by atoms with Gasteiger partial charge in [-0.25, -0.2) is 0 Å². The van der Waals surface area contributed by atoms with E-state index in [-0.39, 0.29) is 122 Å². The van der Waals surface area contributed by atoms with Crippen molar-refractivity contribution in [2.45, 2.75) is 0 Å². The molecule has 0 saturated carbocycles. The van der Waals surface area contributed by atoms with Crippen LogP contribution in [0.2, 0.25) is 0 Å². The molecule has 0 aromatic rings. The molecule has 0 N–H and O–H groups in total. The van der Waals surface area contributed by atoms with Crippen LogP contribution in [0, 0.1) is 0 Å². The van der Waals surface area contributed by atoms with Crippen molar-refractivity contribution in [2.24, 2.45) is 0 Å². The van der Waals surface area contributed by atoms with Gasteiger partial charge in [-0.1, -0.05) is 0 Å². The van der Waals surface area contributed by atoms with Crippen LogP contribution in [0.5, 0.6) is 0 Å². The second-order valence-corrected chi connectivity index (χ2v) is 0. The van der Waals surface area contributed by atoms with Crippen molar-refractivity contribution in [3.63, 3.8) is 0 Å².